The van der Waals surface area contributed by atoms with Crippen molar-refractivity contribution in [2.75, 3.05) is 0 Å². The molecule has 1 amide bonds. The molecule has 3 aromatic carbocycles. The molecular formula is C28H23N3O3. The minimum Gasteiger partial charge on any atom is -0.455 e. The van der Waals surface area contributed by atoms with Crippen LogP contribution in [0.15, 0.2) is 94.3 Å². The lowest BCUT2D eigenvalue weighted by atomic mass is 10.0. The highest BCUT2D eigenvalue weighted by Crippen LogP contribution is 2.27. The maximum absolute atomic E-state index is 13.2. The highest BCUT2D eigenvalue weighted by molar-refractivity contribution is 6.05. The minimum absolute atomic E-state index is 0.152. The van der Waals surface area contributed by atoms with Gasteiger partial charge in [0, 0.05) is 11.1 Å². The number of carbonyl (C=O) groups excluding carboxylic acids is 1. The normalized spacial score (nSPS) is 11.9. The molecule has 5 aromatic rings. The van der Waals surface area contributed by atoms with Crippen LogP contribution < -0.4 is 10.7 Å². The number of hydrogen-bond donors (Lipinski definition) is 2. The first-order valence-electron chi connectivity index (χ1n) is 11.1. The quantitative estimate of drug-likeness (QED) is 0.363. The van der Waals surface area contributed by atoms with Crippen molar-refractivity contribution in [1.29, 1.82) is 0 Å². The van der Waals surface area contributed by atoms with E-state index in [-0.39, 0.29) is 23.0 Å². The van der Waals surface area contributed by atoms with Crippen molar-refractivity contribution in [3.8, 4) is 22.6 Å². The average molecular weight is 450 g/mol. The van der Waals surface area contributed by atoms with Gasteiger partial charge in [-0.05, 0) is 31.5 Å². The molecule has 1 unspecified atom stereocenters. The maximum Gasteiger partial charge on any atom is 0.255 e. The van der Waals surface area contributed by atoms with Crippen LogP contribution in [0, 0.1) is 6.92 Å². The molecule has 0 bridgehead atoms. The zero-order valence-corrected chi connectivity index (χ0v) is 18.8. The Labute approximate surface area is 196 Å². The van der Waals surface area contributed by atoms with Crippen molar-refractivity contribution < 1.29 is 9.21 Å². The van der Waals surface area contributed by atoms with Crippen molar-refractivity contribution in [3.05, 3.63) is 112 Å². The van der Waals surface area contributed by atoms with Crippen molar-refractivity contribution in [2.45, 2.75) is 19.9 Å². The lowest BCUT2D eigenvalue weighted by Crippen LogP contribution is -2.27. The number of hydrogen-bond acceptors (Lipinski definition) is 4. The molecule has 2 heterocycles. The number of para-hydroxylation sites is 1. The number of nitrogens with zero attached hydrogens (tertiary/aromatic N) is 1. The van der Waals surface area contributed by atoms with E-state index in [2.05, 4.69) is 15.3 Å². The first kappa shape index (κ1) is 21.4. The Morgan fingerprint density at radius 3 is 2.32 bits per heavy atom. The molecule has 6 nitrogen and oxygen atoms in total. The molecule has 1 atom stereocenters. The van der Waals surface area contributed by atoms with Crippen molar-refractivity contribution >= 4 is 16.9 Å². The summed E-state index contributed by atoms with van der Waals surface area (Å²) >= 11 is 0. The van der Waals surface area contributed by atoms with E-state index in [1.165, 1.54) is 0 Å². The Balaban J connectivity index is 1.48. The van der Waals surface area contributed by atoms with Gasteiger partial charge in [0.05, 0.1) is 28.9 Å². The second-order valence-electron chi connectivity index (χ2n) is 8.18. The second-order valence-corrected chi connectivity index (χ2v) is 8.18. The van der Waals surface area contributed by atoms with E-state index in [9.17, 15) is 9.59 Å². The van der Waals surface area contributed by atoms with E-state index < -0.39 is 0 Å². The lowest BCUT2D eigenvalue weighted by Gasteiger charge is -2.14. The van der Waals surface area contributed by atoms with E-state index in [1.807, 2.05) is 67.6 Å². The molecule has 2 N–H and O–H groups in total. The summed E-state index contributed by atoms with van der Waals surface area (Å²) in [5.41, 5.74) is 3.59. The number of fused-ring (bicyclic) bond motifs is 1. The first-order valence-corrected chi connectivity index (χ1v) is 11.1. The molecule has 0 aliphatic heterocycles. The van der Waals surface area contributed by atoms with Crippen LogP contribution in [0.3, 0.4) is 0 Å². The van der Waals surface area contributed by atoms with Crippen LogP contribution in [0.1, 0.15) is 34.7 Å². The average Bonchev–Trinajstić information content (AvgIpc) is 3.37. The van der Waals surface area contributed by atoms with Gasteiger partial charge < -0.3 is 14.7 Å². The molecule has 0 radical (unpaired) electrons. The summed E-state index contributed by atoms with van der Waals surface area (Å²) in [7, 11) is 0. The summed E-state index contributed by atoms with van der Waals surface area (Å²) in [5, 5.41) is 3.34. The van der Waals surface area contributed by atoms with Crippen LogP contribution >= 0.6 is 0 Å². The van der Waals surface area contributed by atoms with Gasteiger partial charge in [-0.2, -0.15) is 0 Å². The Hall–Kier alpha value is -4.45. The molecule has 0 spiro atoms. The highest BCUT2D eigenvalue weighted by atomic mass is 16.3. The molecule has 168 valence electrons. The van der Waals surface area contributed by atoms with Crippen molar-refractivity contribution in [1.82, 2.24) is 15.3 Å². The molecule has 6 heteroatoms. The number of amides is 1. The third kappa shape index (κ3) is 3.90. The van der Waals surface area contributed by atoms with Crippen LogP contribution in [0.5, 0.6) is 0 Å². The van der Waals surface area contributed by atoms with Crippen LogP contribution in [0.4, 0.5) is 0 Å². The summed E-state index contributed by atoms with van der Waals surface area (Å²) in [6, 6.07) is 23.9. The fraction of sp³-hybridized carbons (Fsp3) is 0.107. The van der Waals surface area contributed by atoms with E-state index in [4.69, 9.17) is 4.42 Å². The number of carbonyl (C=O) groups is 1. The van der Waals surface area contributed by atoms with Gasteiger partial charge >= 0.3 is 0 Å². The molecule has 34 heavy (non-hydrogen) atoms. The third-order valence-electron chi connectivity index (χ3n) is 5.86. The lowest BCUT2D eigenvalue weighted by molar-refractivity contribution is 0.0939. The topological polar surface area (TPSA) is 88.0 Å². The molecule has 0 saturated carbocycles. The van der Waals surface area contributed by atoms with Crippen molar-refractivity contribution in [2.24, 2.45) is 0 Å². The minimum atomic E-state index is -0.383. The van der Waals surface area contributed by atoms with Crippen molar-refractivity contribution in [3.63, 3.8) is 0 Å². The van der Waals surface area contributed by atoms with Gasteiger partial charge in [-0.1, -0.05) is 66.7 Å². The second kappa shape index (κ2) is 8.83. The van der Waals surface area contributed by atoms with Gasteiger partial charge in [-0.25, -0.2) is 4.98 Å². The van der Waals surface area contributed by atoms with Gasteiger partial charge in [0.2, 0.25) is 0 Å². The van der Waals surface area contributed by atoms with E-state index in [0.717, 1.165) is 16.8 Å². The summed E-state index contributed by atoms with van der Waals surface area (Å²) < 4.78 is 6.18. The summed E-state index contributed by atoms with van der Waals surface area (Å²) in [6.07, 6.45) is 1.75. The Morgan fingerprint density at radius 2 is 1.62 bits per heavy atom. The Kier molecular flexibility index (Phi) is 5.55. The highest BCUT2D eigenvalue weighted by Gasteiger charge is 2.20. The molecule has 0 aliphatic carbocycles. The molecule has 0 saturated heterocycles. The third-order valence-corrected chi connectivity index (χ3v) is 5.86. The van der Waals surface area contributed by atoms with E-state index in [0.29, 0.717) is 28.1 Å². The number of imidazole rings is 1. The zero-order chi connectivity index (χ0) is 23.7. The predicted molar refractivity (Wildman–Crippen MR) is 133 cm³/mol. The fourth-order valence-corrected chi connectivity index (χ4v) is 4.02. The van der Waals surface area contributed by atoms with Crippen LogP contribution in [-0.2, 0) is 0 Å². The van der Waals surface area contributed by atoms with Gasteiger partial charge in [-0.3, -0.25) is 9.59 Å². The number of aromatic nitrogens is 2. The van der Waals surface area contributed by atoms with E-state index >= 15 is 0 Å². The Morgan fingerprint density at radius 1 is 0.941 bits per heavy atom. The number of nitrogens with one attached hydrogen (secondary N) is 2. The van der Waals surface area contributed by atoms with Crippen LogP contribution in [0.2, 0.25) is 0 Å². The van der Waals surface area contributed by atoms with Gasteiger partial charge in [0.15, 0.2) is 11.0 Å². The zero-order valence-electron chi connectivity index (χ0n) is 18.8. The van der Waals surface area contributed by atoms with Gasteiger partial charge in [0.25, 0.3) is 5.91 Å². The molecule has 2 aromatic heterocycles. The van der Waals surface area contributed by atoms with Gasteiger partial charge in [-0.15, -0.1) is 0 Å². The molecule has 5 rings (SSSR count). The monoisotopic (exact) mass is 449 g/mol. The Bertz CT molecular complexity index is 1540. The van der Waals surface area contributed by atoms with E-state index in [1.54, 1.807) is 31.3 Å². The summed E-state index contributed by atoms with van der Waals surface area (Å²) in [4.78, 5) is 34.0. The molecule has 0 fully saturated rings. The maximum atomic E-state index is 13.2. The van der Waals surface area contributed by atoms with Gasteiger partial charge in [0.1, 0.15) is 11.6 Å². The summed E-state index contributed by atoms with van der Waals surface area (Å²) in [5.74, 6) is 0.751. The standard InChI is InChI=1S/C28H23N3O3/c1-17-24(32)21-14-9-15-22(26(21)34-25(17)20-12-7-4-8-13-20)28(33)30-18(2)27-29-16-23(31-27)19-10-5-3-6-11-19/h3-16,18H,1-2H3,(H,29,31)(H,30,33). The molecule has 0 aliphatic rings. The van der Waals surface area contributed by atoms with Crippen LogP contribution in [-0.4, -0.2) is 15.9 Å². The first-order chi connectivity index (χ1) is 16.5. The number of benzene rings is 3. The largest absolute Gasteiger partial charge is 0.455 e. The molecular weight excluding hydrogens is 426 g/mol. The summed E-state index contributed by atoms with van der Waals surface area (Å²) in [6.45, 7) is 3.59. The fourth-order valence-electron chi connectivity index (χ4n) is 4.02. The number of rotatable bonds is 5. The van der Waals surface area contributed by atoms with Crippen LogP contribution in [0.25, 0.3) is 33.6 Å². The SMILES string of the molecule is Cc1c(-c2ccccc2)oc2c(C(=O)NC(C)c3ncc(-c4ccccc4)[nH]3)cccc2c1=O. The predicted octanol–water partition coefficient (Wildman–Crippen LogP) is 5.65. The number of aromatic amines is 1. The number of H-pyrrole nitrogens is 1. The smallest absolute Gasteiger partial charge is 0.255 e.